The number of Topliss-reactive ketones (excluding diaryl/α,β-unsaturated/α-hetero) is 1. The highest BCUT2D eigenvalue weighted by molar-refractivity contribution is 7.98. The molecular formula is C26H24ClNO4S. The molecule has 0 saturated heterocycles. The van der Waals surface area contributed by atoms with Crippen LogP contribution in [0.25, 0.3) is 11.1 Å². The van der Waals surface area contributed by atoms with Gasteiger partial charge in [-0.1, -0.05) is 66.2 Å². The molecule has 0 fully saturated rings. The van der Waals surface area contributed by atoms with Gasteiger partial charge in [0, 0.05) is 16.1 Å². The summed E-state index contributed by atoms with van der Waals surface area (Å²) < 4.78 is 5.25. The molecule has 0 spiro atoms. The minimum Gasteiger partial charge on any atom is -0.456 e. The smallest absolute Gasteiger partial charge is 0.329 e. The Bertz CT molecular complexity index is 1090. The molecule has 0 radical (unpaired) electrons. The predicted molar refractivity (Wildman–Crippen MR) is 133 cm³/mol. The zero-order valence-corrected chi connectivity index (χ0v) is 19.7. The van der Waals surface area contributed by atoms with Gasteiger partial charge >= 0.3 is 5.97 Å². The Balaban J connectivity index is 1.59. The minimum absolute atomic E-state index is 0.310. The molecule has 0 aliphatic carbocycles. The van der Waals surface area contributed by atoms with E-state index in [1.54, 1.807) is 48.2 Å². The number of ether oxygens (including phenoxy) is 1. The zero-order valence-electron chi connectivity index (χ0n) is 18.1. The van der Waals surface area contributed by atoms with Crippen LogP contribution in [0.15, 0.2) is 78.9 Å². The highest BCUT2D eigenvalue weighted by Gasteiger charge is 2.23. The predicted octanol–water partition coefficient (Wildman–Crippen LogP) is 5.28. The van der Waals surface area contributed by atoms with Crippen LogP contribution in [0.4, 0.5) is 0 Å². The molecule has 0 bridgehead atoms. The fourth-order valence-electron chi connectivity index (χ4n) is 3.13. The Morgan fingerprint density at radius 3 is 2.12 bits per heavy atom. The van der Waals surface area contributed by atoms with Gasteiger partial charge in [-0.3, -0.25) is 9.59 Å². The molecule has 3 rings (SSSR count). The second-order valence-electron chi connectivity index (χ2n) is 7.29. The normalized spacial score (nSPS) is 11.5. The average molecular weight is 482 g/mol. The molecule has 0 aromatic heterocycles. The lowest BCUT2D eigenvalue weighted by molar-refractivity contribution is -0.144. The summed E-state index contributed by atoms with van der Waals surface area (Å²) in [5, 5.41) is 3.21. The van der Waals surface area contributed by atoms with Crippen LogP contribution < -0.4 is 5.32 Å². The first-order valence-corrected chi connectivity index (χ1v) is 12.2. The van der Waals surface area contributed by atoms with E-state index in [0.29, 0.717) is 28.3 Å². The molecule has 0 saturated carbocycles. The van der Waals surface area contributed by atoms with Crippen molar-refractivity contribution in [1.82, 2.24) is 5.32 Å². The lowest BCUT2D eigenvalue weighted by Crippen LogP contribution is -2.42. The minimum atomic E-state index is -0.853. The molecule has 1 atom stereocenters. The lowest BCUT2D eigenvalue weighted by atomic mass is 10.0. The molecule has 1 unspecified atom stereocenters. The van der Waals surface area contributed by atoms with Crippen LogP contribution in [-0.2, 0) is 9.53 Å². The fraction of sp³-hybridized carbons (Fsp3) is 0.192. The van der Waals surface area contributed by atoms with Crippen molar-refractivity contribution in [1.29, 1.82) is 0 Å². The number of halogens is 1. The van der Waals surface area contributed by atoms with Gasteiger partial charge in [-0.2, -0.15) is 11.8 Å². The molecule has 0 aliphatic heterocycles. The number of hydrogen-bond acceptors (Lipinski definition) is 5. The Labute approximate surface area is 202 Å². The van der Waals surface area contributed by atoms with E-state index in [-0.39, 0.29) is 5.78 Å². The highest BCUT2D eigenvalue weighted by Crippen LogP contribution is 2.19. The van der Waals surface area contributed by atoms with Gasteiger partial charge in [-0.05, 0) is 53.8 Å². The fourth-order valence-corrected chi connectivity index (χ4v) is 3.72. The Kier molecular flexibility index (Phi) is 9.10. The van der Waals surface area contributed by atoms with E-state index in [9.17, 15) is 14.4 Å². The van der Waals surface area contributed by atoms with Crippen molar-refractivity contribution in [3.63, 3.8) is 0 Å². The molecule has 1 amide bonds. The quantitative estimate of drug-likeness (QED) is 0.315. The molecular weight excluding hydrogens is 458 g/mol. The standard InChI is InChI=1S/C26H24ClNO4S/c1-33-16-15-23(28-25(30)21-11-13-22(27)14-12-21)26(31)32-17-24(29)20-9-7-19(8-10-20)18-5-3-2-4-6-18/h2-14,23H,15-17H2,1H3,(H,28,30). The summed E-state index contributed by atoms with van der Waals surface area (Å²) in [7, 11) is 0. The van der Waals surface area contributed by atoms with E-state index in [1.807, 2.05) is 48.7 Å². The number of ketones is 1. The molecule has 170 valence electrons. The van der Waals surface area contributed by atoms with Crippen LogP contribution in [0.3, 0.4) is 0 Å². The van der Waals surface area contributed by atoms with Gasteiger partial charge in [0.15, 0.2) is 12.4 Å². The van der Waals surface area contributed by atoms with Crippen LogP contribution in [0.2, 0.25) is 5.02 Å². The molecule has 5 nitrogen and oxygen atoms in total. The number of esters is 1. The Morgan fingerprint density at radius 2 is 1.48 bits per heavy atom. The zero-order chi connectivity index (χ0) is 23.6. The third-order valence-electron chi connectivity index (χ3n) is 4.97. The molecule has 33 heavy (non-hydrogen) atoms. The average Bonchev–Trinajstić information content (AvgIpc) is 2.85. The Hall–Kier alpha value is -3.09. The van der Waals surface area contributed by atoms with Gasteiger partial charge in [0.2, 0.25) is 0 Å². The van der Waals surface area contributed by atoms with Crippen molar-refractivity contribution in [3.8, 4) is 11.1 Å². The van der Waals surface area contributed by atoms with Crippen molar-refractivity contribution < 1.29 is 19.1 Å². The molecule has 3 aromatic rings. The third kappa shape index (κ3) is 7.20. The number of thioether (sulfide) groups is 1. The van der Waals surface area contributed by atoms with E-state index in [4.69, 9.17) is 16.3 Å². The molecule has 0 heterocycles. The second-order valence-corrected chi connectivity index (χ2v) is 8.71. The van der Waals surface area contributed by atoms with Crippen molar-refractivity contribution >= 4 is 41.0 Å². The van der Waals surface area contributed by atoms with Crippen molar-refractivity contribution in [2.45, 2.75) is 12.5 Å². The first-order valence-electron chi connectivity index (χ1n) is 10.4. The van der Waals surface area contributed by atoms with Gasteiger partial charge in [0.05, 0.1) is 0 Å². The van der Waals surface area contributed by atoms with Crippen LogP contribution >= 0.6 is 23.4 Å². The number of carbonyl (C=O) groups is 3. The highest BCUT2D eigenvalue weighted by atomic mass is 35.5. The van der Waals surface area contributed by atoms with Crippen molar-refractivity contribution in [2.24, 2.45) is 0 Å². The number of nitrogens with one attached hydrogen (secondary N) is 1. The van der Waals surface area contributed by atoms with E-state index < -0.39 is 24.5 Å². The second kappa shape index (κ2) is 12.2. The number of rotatable bonds is 10. The SMILES string of the molecule is CSCCC(NC(=O)c1ccc(Cl)cc1)C(=O)OCC(=O)c1ccc(-c2ccccc2)cc1. The van der Waals surface area contributed by atoms with E-state index >= 15 is 0 Å². The van der Waals surface area contributed by atoms with E-state index in [1.165, 1.54) is 0 Å². The van der Waals surface area contributed by atoms with Gasteiger partial charge in [0.25, 0.3) is 5.91 Å². The summed E-state index contributed by atoms with van der Waals surface area (Å²) in [6.45, 7) is -0.393. The summed E-state index contributed by atoms with van der Waals surface area (Å²) >= 11 is 7.41. The van der Waals surface area contributed by atoms with Gasteiger partial charge < -0.3 is 10.1 Å². The van der Waals surface area contributed by atoms with Crippen molar-refractivity contribution in [3.05, 3.63) is 95.0 Å². The lowest BCUT2D eigenvalue weighted by Gasteiger charge is -2.17. The Morgan fingerprint density at radius 1 is 0.879 bits per heavy atom. The van der Waals surface area contributed by atoms with Crippen molar-refractivity contribution in [2.75, 3.05) is 18.6 Å². The summed E-state index contributed by atoms with van der Waals surface area (Å²) in [4.78, 5) is 37.7. The van der Waals surface area contributed by atoms with Crippen LogP contribution in [0.1, 0.15) is 27.1 Å². The molecule has 0 aliphatic rings. The van der Waals surface area contributed by atoms with Gasteiger partial charge in [-0.15, -0.1) is 0 Å². The van der Waals surface area contributed by atoms with Crippen LogP contribution in [-0.4, -0.2) is 42.3 Å². The summed E-state index contributed by atoms with van der Waals surface area (Å²) in [6.07, 6.45) is 2.30. The number of amides is 1. The first kappa shape index (κ1) is 24.6. The molecule has 7 heteroatoms. The number of carbonyl (C=O) groups excluding carboxylic acids is 3. The number of hydrogen-bond donors (Lipinski definition) is 1. The van der Waals surface area contributed by atoms with E-state index in [2.05, 4.69) is 5.32 Å². The van der Waals surface area contributed by atoms with Crippen LogP contribution in [0, 0.1) is 0 Å². The maximum absolute atomic E-state index is 12.6. The summed E-state index contributed by atoms with van der Waals surface area (Å²) in [5.74, 6) is -0.705. The topological polar surface area (TPSA) is 72.5 Å². The summed E-state index contributed by atoms with van der Waals surface area (Å²) in [5.41, 5.74) is 2.88. The first-order chi connectivity index (χ1) is 16.0. The number of benzene rings is 3. The van der Waals surface area contributed by atoms with Gasteiger partial charge in [0.1, 0.15) is 6.04 Å². The monoisotopic (exact) mass is 481 g/mol. The largest absolute Gasteiger partial charge is 0.456 e. The molecule has 1 N–H and O–H groups in total. The van der Waals surface area contributed by atoms with Gasteiger partial charge in [-0.25, -0.2) is 4.79 Å². The third-order valence-corrected chi connectivity index (χ3v) is 5.86. The maximum Gasteiger partial charge on any atom is 0.329 e. The van der Waals surface area contributed by atoms with Crippen LogP contribution in [0.5, 0.6) is 0 Å². The molecule has 3 aromatic carbocycles. The maximum atomic E-state index is 12.6. The summed E-state index contributed by atoms with van der Waals surface area (Å²) in [6, 6.07) is 22.5. The van der Waals surface area contributed by atoms with E-state index in [0.717, 1.165) is 11.1 Å².